The van der Waals surface area contributed by atoms with E-state index >= 15 is 0 Å². The average Bonchev–Trinajstić information content (AvgIpc) is 3.10. The number of pyridine rings is 1. The highest BCUT2D eigenvalue weighted by Crippen LogP contribution is 2.11. The first-order valence-electron chi connectivity index (χ1n) is 7.95. The lowest BCUT2D eigenvalue weighted by atomic mass is 10.3. The highest BCUT2D eigenvalue weighted by Gasteiger charge is 2.18. The van der Waals surface area contributed by atoms with Gasteiger partial charge in [0.1, 0.15) is 17.3 Å². The summed E-state index contributed by atoms with van der Waals surface area (Å²) in [7, 11) is -3.67. The van der Waals surface area contributed by atoms with Crippen molar-refractivity contribution in [3.63, 3.8) is 0 Å². The highest BCUT2D eigenvalue weighted by molar-refractivity contribution is 7.91. The number of nitrogens with zero attached hydrogens (tertiary/aromatic N) is 1. The molecule has 1 unspecified atom stereocenters. The zero-order chi connectivity index (χ0) is 20.6. The summed E-state index contributed by atoms with van der Waals surface area (Å²) in [5.74, 6) is -2.80. The molecule has 1 atom stereocenters. The summed E-state index contributed by atoms with van der Waals surface area (Å²) in [6.45, 7) is -0.0435. The van der Waals surface area contributed by atoms with E-state index in [1.54, 1.807) is 6.07 Å². The number of carboxylic acid groups (broad SMARTS) is 1. The second-order valence-electron chi connectivity index (χ2n) is 5.54. The number of carbonyl (C=O) groups excluding carboxylic acids is 1. The van der Waals surface area contributed by atoms with Crippen molar-refractivity contribution in [3.8, 4) is 5.88 Å². The molecule has 0 saturated heterocycles. The molecular formula is C17H18N2O8S. The van der Waals surface area contributed by atoms with Crippen LogP contribution in [0.15, 0.2) is 53.3 Å². The molecule has 0 fully saturated rings. The molecule has 2 rings (SSSR count). The van der Waals surface area contributed by atoms with E-state index in [1.807, 2.05) is 0 Å². The van der Waals surface area contributed by atoms with E-state index in [1.165, 1.54) is 36.7 Å². The number of sulfone groups is 1. The van der Waals surface area contributed by atoms with Gasteiger partial charge in [0.05, 0.1) is 11.8 Å². The number of aromatic nitrogens is 1. The summed E-state index contributed by atoms with van der Waals surface area (Å²) in [6, 6.07) is 5.47. The van der Waals surface area contributed by atoms with Crippen LogP contribution in [0.5, 0.6) is 5.88 Å². The quantitative estimate of drug-likeness (QED) is 0.371. The van der Waals surface area contributed by atoms with Crippen molar-refractivity contribution in [1.29, 1.82) is 0 Å². The van der Waals surface area contributed by atoms with Crippen LogP contribution < -0.4 is 10.1 Å². The van der Waals surface area contributed by atoms with Crippen molar-refractivity contribution in [2.75, 3.05) is 12.3 Å². The van der Waals surface area contributed by atoms with E-state index in [9.17, 15) is 23.1 Å². The van der Waals surface area contributed by atoms with Crippen LogP contribution in [-0.2, 0) is 20.4 Å². The molecule has 0 saturated carbocycles. The molecule has 2 aromatic rings. The Kier molecular flexibility index (Phi) is 7.29. The number of hydrogen-bond acceptors (Lipinski definition) is 8. The van der Waals surface area contributed by atoms with E-state index in [0.29, 0.717) is 0 Å². The van der Waals surface area contributed by atoms with Gasteiger partial charge in [-0.15, -0.1) is 0 Å². The molecule has 0 aliphatic rings. The topological polar surface area (TPSA) is 156 Å². The SMILES string of the molecule is O=C(CS(=O)(=O)Cc1ccco1)NC/C=C/C(O)Oc1cc(C(=O)O)ccn1. The molecule has 0 aromatic carbocycles. The number of hydrogen-bond donors (Lipinski definition) is 3. The molecule has 11 heteroatoms. The monoisotopic (exact) mass is 410 g/mol. The van der Waals surface area contributed by atoms with Crippen LogP contribution in [0.4, 0.5) is 0 Å². The van der Waals surface area contributed by atoms with E-state index in [-0.39, 0.29) is 29.5 Å². The Labute approximate surface area is 160 Å². The van der Waals surface area contributed by atoms with Gasteiger partial charge >= 0.3 is 5.97 Å². The second-order valence-corrected chi connectivity index (χ2v) is 7.60. The summed E-state index contributed by atoms with van der Waals surface area (Å²) in [5.41, 5.74) is -0.0517. The van der Waals surface area contributed by atoms with Gasteiger partial charge in [-0.2, -0.15) is 0 Å². The zero-order valence-electron chi connectivity index (χ0n) is 14.5. The minimum absolute atomic E-state index is 0.0435. The lowest BCUT2D eigenvalue weighted by Gasteiger charge is -2.09. The summed E-state index contributed by atoms with van der Waals surface area (Å²) >= 11 is 0. The predicted molar refractivity (Wildman–Crippen MR) is 96.2 cm³/mol. The van der Waals surface area contributed by atoms with Gasteiger partial charge in [0, 0.05) is 18.8 Å². The lowest BCUT2D eigenvalue weighted by molar-refractivity contribution is -0.118. The van der Waals surface area contributed by atoms with Gasteiger partial charge in [-0.3, -0.25) is 4.79 Å². The first kappa shape index (κ1) is 21.1. The average molecular weight is 410 g/mol. The van der Waals surface area contributed by atoms with Crippen LogP contribution >= 0.6 is 0 Å². The fourth-order valence-corrected chi connectivity index (χ4v) is 3.24. The molecule has 0 aliphatic heterocycles. The zero-order valence-corrected chi connectivity index (χ0v) is 15.3. The molecule has 1 amide bonds. The summed E-state index contributed by atoms with van der Waals surface area (Å²) in [5, 5.41) is 21.0. The van der Waals surface area contributed by atoms with Crippen LogP contribution in [0.2, 0.25) is 0 Å². The summed E-state index contributed by atoms with van der Waals surface area (Å²) < 4.78 is 33.7. The van der Waals surface area contributed by atoms with Gasteiger partial charge in [-0.05, 0) is 24.3 Å². The molecule has 2 aromatic heterocycles. The van der Waals surface area contributed by atoms with Crippen LogP contribution in [-0.4, -0.2) is 54.1 Å². The first-order chi connectivity index (χ1) is 13.2. The van der Waals surface area contributed by atoms with Gasteiger partial charge in [0.25, 0.3) is 0 Å². The number of rotatable bonds is 10. The highest BCUT2D eigenvalue weighted by atomic mass is 32.2. The van der Waals surface area contributed by atoms with Crippen LogP contribution in [0.1, 0.15) is 16.1 Å². The van der Waals surface area contributed by atoms with Crippen molar-refractivity contribution >= 4 is 21.7 Å². The Hall–Kier alpha value is -3.18. The largest absolute Gasteiger partial charge is 0.478 e. The normalized spacial score (nSPS) is 12.6. The molecule has 28 heavy (non-hydrogen) atoms. The molecule has 2 heterocycles. The maximum Gasteiger partial charge on any atom is 0.335 e. The van der Waals surface area contributed by atoms with Crippen molar-refractivity contribution in [2.45, 2.75) is 12.0 Å². The van der Waals surface area contributed by atoms with Crippen molar-refractivity contribution in [2.24, 2.45) is 0 Å². The smallest absolute Gasteiger partial charge is 0.335 e. The Balaban J connectivity index is 1.75. The van der Waals surface area contributed by atoms with E-state index in [0.717, 1.165) is 6.07 Å². The number of aliphatic hydroxyl groups excluding tert-OH is 1. The molecule has 10 nitrogen and oxygen atoms in total. The third-order valence-corrected chi connectivity index (χ3v) is 4.66. The number of ether oxygens (including phenoxy) is 1. The molecular weight excluding hydrogens is 392 g/mol. The number of aliphatic hydroxyl groups is 1. The number of nitrogens with one attached hydrogen (secondary N) is 1. The number of carboxylic acids is 1. The minimum Gasteiger partial charge on any atom is -0.478 e. The van der Waals surface area contributed by atoms with Crippen molar-refractivity contribution < 1.29 is 37.4 Å². The number of carbonyl (C=O) groups is 2. The number of furan rings is 1. The van der Waals surface area contributed by atoms with E-state index in [2.05, 4.69) is 10.3 Å². The first-order valence-corrected chi connectivity index (χ1v) is 9.77. The molecule has 0 spiro atoms. The fraction of sp³-hybridized carbons (Fsp3) is 0.235. The minimum atomic E-state index is -3.67. The Morgan fingerprint density at radius 3 is 2.82 bits per heavy atom. The second kappa shape index (κ2) is 9.67. The van der Waals surface area contributed by atoms with Gasteiger partial charge in [0.15, 0.2) is 9.84 Å². The van der Waals surface area contributed by atoms with E-state index in [4.69, 9.17) is 14.3 Å². The number of aromatic carboxylic acids is 1. The van der Waals surface area contributed by atoms with Crippen LogP contribution in [0.25, 0.3) is 0 Å². The summed E-state index contributed by atoms with van der Waals surface area (Å²) in [6.07, 6.45) is 3.67. The standard InChI is InChI=1S/C17H18N2O8S/c20-14(11-28(24,25)10-13-3-2-8-26-13)18-6-1-4-16(21)27-15-9-12(17(22)23)5-7-19-15/h1-5,7-9,16,21H,6,10-11H2,(H,18,20)(H,22,23)/b4-1+. The Morgan fingerprint density at radius 1 is 1.36 bits per heavy atom. The van der Waals surface area contributed by atoms with Crippen molar-refractivity contribution in [1.82, 2.24) is 10.3 Å². The Morgan fingerprint density at radius 2 is 2.14 bits per heavy atom. The third kappa shape index (κ3) is 7.21. The maximum atomic E-state index is 11.9. The van der Waals surface area contributed by atoms with Crippen LogP contribution in [0, 0.1) is 0 Å². The fourth-order valence-electron chi connectivity index (χ4n) is 2.04. The third-order valence-electron chi connectivity index (χ3n) is 3.23. The van der Waals surface area contributed by atoms with Gasteiger partial charge in [-0.25, -0.2) is 18.2 Å². The lowest BCUT2D eigenvalue weighted by Crippen LogP contribution is -2.31. The van der Waals surface area contributed by atoms with Gasteiger partial charge in [0.2, 0.25) is 18.1 Å². The van der Waals surface area contributed by atoms with Crippen LogP contribution in [0.3, 0.4) is 0 Å². The maximum absolute atomic E-state index is 11.9. The Bertz CT molecular complexity index is 938. The van der Waals surface area contributed by atoms with Gasteiger partial charge < -0.3 is 24.7 Å². The predicted octanol–water partition coefficient (Wildman–Crippen LogP) is 0.357. The summed E-state index contributed by atoms with van der Waals surface area (Å²) in [4.78, 5) is 26.3. The number of amides is 1. The molecule has 3 N–H and O–H groups in total. The molecule has 0 aliphatic carbocycles. The molecule has 150 valence electrons. The molecule has 0 bridgehead atoms. The van der Waals surface area contributed by atoms with Gasteiger partial charge in [-0.1, -0.05) is 6.08 Å². The molecule has 0 radical (unpaired) electrons. The van der Waals surface area contributed by atoms with E-state index < -0.39 is 33.8 Å². The van der Waals surface area contributed by atoms with Crippen molar-refractivity contribution in [3.05, 3.63) is 60.2 Å².